The lowest BCUT2D eigenvalue weighted by molar-refractivity contribution is -0.679. The summed E-state index contributed by atoms with van der Waals surface area (Å²) in [6.07, 6.45) is 3.23. The molecule has 7 nitrogen and oxygen atoms in total. The zero-order chi connectivity index (χ0) is 21.5. The van der Waals surface area contributed by atoms with Crippen LogP contribution in [0.3, 0.4) is 0 Å². The number of amides is 3. The van der Waals surface area contributed by atoms with Crippen molar-refractivity contribution < 1.29 is 18.6 Å². The minimum atomic E-state index is -0.709. The molecular weight excluding hydrogens is 416 g/mol. The first-order valence-electron chi connectivity index (χ1n) is 10.1. The summed E-state index contributed by atoms with van der Waals surface area (Å²) in [6.45, 7) is 0.346. The fourth-order valence-corrected chi connectivity index (χ4v) is 4.08. The standard InChI is InChI=1S/C23H20ClN4O3/c1-26-20-19(21(29)27(23(26)30)13-5-8-15-6-3-2-4-7-15)28-14-18(31-22(28)25-20)16-9-11-17(24)12-10-16/h2-4,6-7,9-12,14,19H,5,8,13H2,1H3/q+1. The predicted molar refractivity (Wildman–Crippen MR) is 115 cm³/mol. The van der Waals surface area contributed by atoms with Gasteiger partial charge < -0.3 is 4.42 Å². The Morgan fingerprint density at radius 3 is 2.58 bits per heavy atom. The van der Waals surface area contributed by atoms with Crippen molar-refractivity contribution in [3.63, 3.8) is 0 Å². The molecule has 3 aromatic rings. The van der Waals surface area contributed by atoms with E-state index in [-0.39, 0.29) is 11.9 Å². The van der Waals surface area contributed by atoms with Gasteiger partial charge in [-0.15, -0.1) is 0 Å². The Kier molecular flexibility index (Phi) is 4.82. The topological polar surface area (TPSA) is 70.0 Å². The molecule has 1 aromatic heterocycles. The molecule has 31 heavy (non-hydrogen) atoms. The van der Waals surface area contributed by atoms with Crippen LogP contribution in [0.2, 0.25) is 5.02 Å². The molecule has 0 bridgehead atoms. The van der Waals surface area contributed by atoms with Gasteiger partial charge in [0.15, 0.2) is 5.76 Å². The maximum absolute atomic E-state index is 13.3. The number of imide groups is 1. The highest BCUT2D eigenvalue weighted by Gasteiger charge is 2.55. The number of hydrogen-bond donors (Lipinski definition) is 0. The van der Waals surface area contributed by atoms with Gasteiger partial charge in [0.25, 0.3) is 17.8 Å². The van der Waals surface area contributed by atoms with Crippen LogP contribution in [0.5, 0.6) is 0 Å². The van der Waals surface area contributed by atoms with Crippen LogP contribution in [0.1, 0.15) is 18.0 Å². The maximum Gasteiger partial charge on any atom is 0.507 e. The monoisotopic (exact) mass is 435 g/mol. The molecule has 0 spiro atoms. The molecule has 2 aromatic carbocycles. The van der Waals surface area contributed by atoms with E-state index in [0.29, 0.717) is 35.6 Å². The van der Waals surface area contributed by atoms with Crippen molar-refractivity contribution >= 4 is 35.4 Å². The number of benzene rings is 2. The van der Waals surface area contributed by atoms with Crippen molar-refractivity contribution in [3.05, 3.63) is 71.4 Å². The fraction of sp³-hybridized carbons (Fsp3) is 0.217. The number of aryl methyl sites for hydroxylation is 1. The number of amidine groups is 1. The zero-order valence-corrected chi connectivity index (χ0v) is 17.6. The SMILES string of the molecule is CN1C(=O)N(CCCc2ccccc2)C(=O)C2C1=Nc1oc(-c3ccc(Cl)cc3)c[n+]12. The van der Waals surface area contributed by atoms with Crippen molar-refractivity contribution in [2.24, 2.45) is 4.99 Å². The summed E-state index contributed by atoms with van der Waals surface area (Å²) in [4.78, 5) is 33.3. The number of nitrogens with zero attached hydrogens (tertiary/aromatic N) is 4. The van der Waals surface area contributed by atoms with Gasteiger partial charge in [-0.25, -0.2) is 4.79 Å². The van der Waals surface area contributed by atoms with Crippen molar-refractivity contribution in [2.75, 3.05) is 13.6 Å². The fourth-order valence-electron chi connectivity index (χ4n) is 3.96. The highest BCUT2D eigenvalue weighted by Crippen LogP contribution is 2.32. The number of fused-ring (bicyclic) bond motifs is 3. The highest BCUT2D eigenvalue weighted by molar-refractivity contribution is 6.30. The molecule has 1 atom stereocenters. The summed E-state index contributed by atoms with van der Waals surface area (Å²) < 4.78 is 7.56. The van der Waals surface area contributed by atoms with Gasteiger partial charge in [0.1, 0.15) is 6.20 Å². The molecule has 5 rings (SSSR count). The first kappa shape index (κ1) is 19.5. The van der Waals surface area contributed by atoms with Crippen molar-refractivity contribution in [1.29, 1.82) is 0 Å². The van der Waals surface area contributed by atoms with Crippen LogP contribution < -0.4 is 4.57 Å². The molecule has 1 unspecified atom stereocenters. The van der Waals surface area contributed by atoms with Crippen LogP contribution in [-0.2, 0) is 11.2 Å². The number of halogens is 1. The second-order valence-corrected chi connectivity index (χ2v) is 8.02. The van der Waals surface area contributed by atoms with Crippen molar-refractivity contribution in [3.8, 4) is 11.3 Å². The van der Waals surface area contributed by atoms with Gasteiger partial charge in [0.2, 0.25) is 0 Å². The second kappa shape index (κ2) is 7.67. The maximum atomic E-state index is 13.3. The minimum Gasteiger partial charge on any atom is -0.384 e. The molecule has 8 heteroatoms. The van der Waals surface area contributed by atoms with E-state index in [2.05, 4.69) is 4.99 Å². The Labute approximate surface area is 184 Å². The molecule has 0 saturated carbocycles. The summed E-state index contributed by atoms with van der Waals surface area (Å²) in [6, 6.07) is 16.5. The first-order chi connectivity index (χ1) is 15.0. The van der Waals surface area contributed by atoms with Crippen molar-refractivity contribution in [2.45, 2.75) is 18.9 Å². The number of urea groups is 1. The van der Waals surface area contributed by atoms with E-state index in [0.717, 1.165) is 12.0 Å². The molecule has 1 saturated heterocycles. The Morgan fingerprint density at radius 2 is 1.84 bits per heavy atom. The Bertz CT molecular complexity index is 1190. The van der Waals surface area contributed by atoms with Crippen LogP contribution >= 0.6 is 11.6 Å². The van der Waals surface area contributed by atoms with Crippen LogP contribution in [0, 0.1) is 0 Å². The van der Waals surface area contributed by atoms with E-state index < -0.39 is 6.04 Å². The van der Waals surface area contributed by atoms with E-state index in [1.54, 1.807) is 29.9 Å². The Balaban J connectivity index is 1.38. The van der Waals surface area contributed by atoms with Gasteiger partial charge in [-0.05, 0) is 42.7 Å². The first-order valence-corrected chi connectivity index (χ1v) is 10.4. The van der Waals surface area contributed by atoms with Crippen LogP contribution in [0.4, 0.5) is 10.8 Å². The molecule has 2 aliphatic heterocycles. The smallest absolute Gasteiger partial charge is 0.384 e. The molecule has 156 valence electrons. The number of carbonyl (C=O) groups excluding carboxylic acids is 2. The molecule has 3 heterocycles. The van der Waals surface area contributed by atoms with Crippen LogP contribution in [-0.4, -0.2) is 41.2 Å². The van der Waals surface area contributed by atoms with Crippen LogP contribution in [0.25, 0.3) is 11.3 Å². The molecule has 2 aliphatic rings. The van der Waals surface area contributed by atoms with E-state index in [1.165, 1.54) is 15.4 Å². The number of oxazole rings is 1. The normalized spacial score (nSPS) is 17.6. The van der Waals surface area contributed by atoms with Crippen molar-refractivity contribution in [1.82, 2.24) is 9.80 Å². The quantitative estimate of drug-likeness (QED) is 0.569. The lowest BCUT2D eigenvalue weighted by Gasteiger charge is -2.32. The van der Waals surface area contributed by atoms with Gasteiger partial charge in [0.05, 0.1) is 0 Å². The summed E-state index contributed by atoms with van der Waals surface area (Å²) >= 11 is 5.97. The number of aliphatic imine (C=N–C) groups is 1. The summed E-state index contributed by atoms with van der Waals surface area (Å²) in [7, 11) is 1.64. The van der Waals surface area contributed by atoms with E-state index in [9.17, 15) is 9.59 Å². The highest BCUT2D eigenvalue weighted by atomic mass is 35.5. The average molecular weight is 436 g/mol. The van der Waals surface area contributed by atoms with E-state index in [1.807, 2.05) is 42.5 Å². The molecule has 0 aliphatic carbocycles. The number of hydrogen-bond acceptors (Lipinski definition) is 4. The summed E-state index contributed by atoms with van der Waals surface area (Å²) in [5, 5.41) is 0.629. The number of likely N-dealkylation sites (N-methyl/N-ethyl adjacent to an activating group) is 1. The van der Waals surface area contributed by atoms with E-state index in [4.69, 9.17) is 16.0 Å². The molecule has 0 N–H and O–H groups in total. The van der Waals surface area contributed by atoms with E-state index >= 15 is 0 Å². The number of rotatable bonds is 5. The largest absolute Gasteiger partial charge is 0.507 e. The third-order valence-electron chi connectivity index (χ3n) is 5.59. The average Bonchev–Trinajstić information content (AvgIpc) is 3.34. The minimum absolute atomic E-state index is 0.290. The third kappa shape index (κ3) is 3.41. The molecule has 3 amide bonds. The lowest BCUT2D eigenvalue weighted by Crippen LogP contribution is -2.62. The van der Waals surface area contributed by atoms with Gasteiger partial charge in [-0.3, -0.25) is 14.6 Å². The third-order valence-corrected chi connectivity index (χ3v) is 5.84. The molecular formula is C23H20ClN4O3+. The predicted octanol–water partition coefficient (Wildman–Crippen LogP) is 4.00. The molecule has 0 radical (unpaired) electrons. The zero-order valence-electron chi connectivity index (χ0n) is 16.9. The second-order valence-electron chi connectivity index (χ2n) is 7.59. The van der Waals surface area contributed by atoms with Gasteiger partial charge >= 0.3 is 12.0 Å². The van der Waals surface area contributed by atoms with Gasteiger partial charge in [0, 0.05) is 29.2 Å². The molecule has 1 fully saturated rings. The van der Waals surface area contributed by atoms with Gasteiger partial charge in [-0.2, -0.15) is 4.57 Å². The lowest BCUT2D eigenvalue weighted by atomic mass is 10.1. The van der Waals surface area contributed by atoms with Crippen LogP contribution in [0.15, 0.2) is 70.2 Å². The summed E-state index contributed by atoms with van der Waals surface area (Å²) in [5.74, 6) is 0.676. The number of aromatic nitrogens is 1. The summed E-state index contributed by atoms with van der Waals surface area (Å²) in [5.41, 5.74) is 2.01. The van der Waals surface area contributed by atoms with Gasteiger partial charge in [-0.1, -0.05) is 41.9 Å². The Hall–Kier alpha value is -3.45. The number of carbonyl (C=O) groups is 2. The Morgan fingerprint density at radius 1 is 1.10 bits per heavy atom.